The summed E-state index contributed by atoms with van der Waals surface area (Å²) in [5.74, 6) is -1.08. The van der Waals surface area contributed by atoms with Gasteiger partial charge in [0.25, 0.3) is 5.91 Å². The van der Waals surface area contributed by atoms with Gasteiger partial charge in [0.15, 0.2) is 0 Å². The van der Waals surface area contributed by atoms with Crippen molar-refractivity contribution < 1.29 is 24.2 Å². The van der Waals surface area contributed by atoms with E-state index in [0.29, 0.717) is 24.3 Å². The van der Waals surface area contributed by atoms with E-state index in [-0.39, 0.29) is 0 Å². The second-order valence-electron chi connectivity index (χ2n) is 4.98. The van der Waals surface area contributed by atoms with Crippen molar-refractivity contribution in [1.29, 1.82) is 0 Å². The highest BCUT2D eigenvalue weighted by Gasteiger charge is 2.54. The summed E-state index contributed by atoms with van der Waals surface area (Å²) < 4.78 is 5.17. The second kappa shape index (κ2) is 4.76. The van der Waals surface area contributed by atoms with Gasteiger partial charge in [0, 0.05) is 0 Å². The van der Waals surface area contributed by atoms with Crippen LogP contribution in [-0.2, 0) is 9.59 Å². The Kier molecular flexibility index (Phi) is 3.04. The molecule has 7 nitrogen and oxygen atoms in total. The lowest BCUT2D eigenvalue weighted by molar-refractivity contribution is -0.141. The summed E-state index contributed by atoms with van der Waals surface area (Å²) in [5.41, 5.74) is 0.341. The highest BCUT2D eigenvalue weighted by atomic mass is 16.5. The molecule has 2 aliphatic rings. The lowest BCUT2D eigenvalue weighted by Gasteiger charge is -2.21. The monoisotopic (exact) mass is 290 g/mol. The maximum atomic E-state index is 12.5. The summed E-state index contributed by atoms with van der Waals surface area (Å²) in [6, 6.07) is 4.44. The summed E-state index contributed by atoms with van der Waals surface area (Å²) in [6.45, 7) is 0. The first kappa shape index (κ1) is 13.4. The molecule has 2 saturated heterocycles. The number of amides is 3. The third-order valence-corrected chi connectivity index (χ3v) is 3.91. The molecule has 7 heteroatoms. The zero-order chi connectivity index (χ0) is 15.1. The van der Waals surface area contributed by atoms with Crippen LogP contribution in [0.5, 0.6) is 5.75 Å². The Balaban J connectivity index is 2.01. The Bertz CT molecular complexity index is 630. The minimum Gasteiger partial charge on any atom is -0.495 e. The number of imide groups is 1. The van der Waals surface area contributed by atoms with Gasteiger partial charge in [-0.3, -0.25) is 9.69 Å². The number of para-hydroxylation sites is 2. The number of carbonyl (C=O) groups is 3. The van der Waals surface area contributed by atoms with Crippen molar-refractivity contribution in [3.63, 3.8) is 0 Å². The van der Waals surface area contributed by atoms with Crippen LogP contribution < -0.4 is 9.64 Å². The molecular weight excluding hydrogens is 276 g/mol. The molecule has 0 spiro atoms. The van der Waals surface area contributed by atoms with Gasteiger partial charge in [0.1, 0.15) is 17.8 Å². The number of nitrogens with zero attached hydrogens (tertiary/aromatic N) is 2. The number of hydrogen-bond donors (Lipinski definition) is 1. The largest absolute Gasteiger partial charge is 0.495 e. The Morgan fingerprint density at radius 1 is 1.29 bits per heavy atom. The average molecular weight is 290 g/mol. The number of carbonyl (C=O) groups excluding carboxylic acids is 2. The molecule has 1 N–H and O–H groups in total. The van der Waals surface area contributed by atoms with Crippen LogP contribution in [0, 0.1) is 0 Å². The molecule has 1 aromatic rings. The molecular formula is C14H14N2O5. The molecule has 0 bridgehead atoms. The number of urea groups is 1. The fraction of sp³-hybridized carbons (Fsp3) is 0.357. The van der Waals surface area contributed by atoms with Crippen LogP contribution in [0.25, 0.3) is 0 Å². The van der Waals surface area contributed by atoms with Gasteiger partial charge >= 0.3 is 12.0 Å². The number of hydrogen-bond acceptors (Lipinski definition) is 4. The Morgan fingerprint density at radius 2 is 2.00 bits per heavy atom. The van der Waals surface area contributed by atoms with Crippen LogP contribution in [0.3, 0.4) is 0 Å². The van der Waals surface area contributed by atoms with Crippen molar-refractivity contribution in [2.24, 2.45) is 0 Å². The minimum absolute atomic E-state index is 0.303. The van der Waals surface area contributed by atoms with Gasteiger partial charge in [-0.1, -0.05) is 12.1 Å². The SMILES string of the molecule is COc1ccccc1N1C(=O)[C@@H]2CC[C@@H](C(=O)O)N2C1=O. The molecule has 21 heavy (non-hydrogen) atoms. The van der Waals surface area contributed by atoms with Crippen molar-refractivity contribution >= 4 is 23.6 Å². The van der Waals surface area contributed by atoms with Crippen LogP contribution in [0.2, 0.25) is 0 Å². The lowest BCUT2D eigenvalue weighted by atomic mass is 10.1. The molecule has 2 fully saturated rings. The summed E-state index contributed by atoms with van der Waals surface area (Å²) in [5, 5.41) is 9.17. The van der Waals surface area contributed by atoms with Crippen molar-refractivity contribution in [1.82, 2.24) is 4.90 Å². The van der Waals surface area contributed by atoms with Gasteiger partial charge in [-0.15, -0.1) is 0 Å². The first-order chi connectivity index (χ1) is 10.1. The number of ether oxygens (including phenoxy) is 1. The van der Waals surface area contributed by atoms with Gasteiger partial charge in [-0.25, -0.2) is 14.5 Å². The van der Waals surface area contributed by atoms with E-state index in [1.54, 1.807) is 24.3 Å². The van der Waals surface area contributed by atoms with Crippen LogP contribution in [-0.4, -0.2) is 47.1 Å². The van der Waals surface area contributed by atoms with E-state index in [2.05, 4.69) is 0 Å². The molecule has 3 amide bonds. The number of carboxylic acids is 1. The molecule has 2 aliphatic heterocycles. The van der Waals surface area contributed by atoms with Gasteiger partial charge in [0.05, 0.1) is 12.8 Å². The van der Waals surface area contributed by atoms with E-state index < -0.39 is 30.0 Å². The fourth-order valence-corrected chi connectivity index (χ4v) is 2.96. The number of fused-ring (bicyclic) bond motifs is 1. The van der Waals surface area contributed by atoms with E-state index in [1.165, 1.54) is 7.11 Å². The Labute approximate surface area is 120 Å². The first-order valence-electron chi connectivity index (χ1n) is 6.58. The Morgan fingerprint density at radius 3 is 2.67 bits per heavy atom. The van der Waals surface area contributed by atoms with Crippen LogP contribution in [0.15, 0.2) is 24.3 Å². The molecule has 0 unspecified atom stereocenters. The summed E-state index contributed by atoms with van der Waals surface area (Å²) in [7, 11) is 1.45. The van der Waals surface area contributed by atoms with Crippen molar-refractivity contribution in [3.05, 3.63) is 24.3 Å². The highest BCUT2D eigenvalue weighted by molar-refractivity contribution is 6.23. The number of methoxy groups -OCH3 is 1. The fourth-order valence-electron chi connectivity index (χ4n) is 2.96. The first-order valence-corrected chi connectivity index (χ1v) is 6.58. The number of benzene rings is 1. The average Bonchev–Trinajstić information content (AvgIpc) is 3.01. The maximum absolute atomic E-state index is 12.5. The predicted molar refractivity (Wildman–Crippen MR) is 72.2 cm³/mol. The zero-order valence-electron chi connectivity index (χ0n) is 11.4. The number of rotatable bonds is 3. The van der Waals surface area contributed by atoms with Crippen molar-refractivity contribution in [3.8, 4) is 5.75 Å². The van der Waals surface area contributed by atoms with E-state index in [1.807, 2.05) is 0 Å². The lowest BCUT2D eigenvalue weighted by Crippen LogP contribution is -2.42. The van der Waals surface area contributed by atoms with Crippen LogP contribution in [0.1, 0.15) is 12.8 Å². The third-order valence-electron chi connectivity index (χ3n) is 3.91. The molecule has 0 radical (unpaired) electrons. The normalized spacial score (nSPS) is 24.4. The molecule has 0 aromatic heterocycles. The number of anilines is 1. The van der Waals surface area contributed by atoms with E-state index in [4.69, 9.17) is 4.74 Å². The summed E-state index contributed by atoms with van der Waals surface area (Å²) >= 11 is 0. The molecule has 0 aliphatic carbocycles. The molecule has 2 atom stereocenters. The van der Waals surface area contributed by atoms with Crippen LogP contribution >= 0.6 is 0 Å². The van der Waals surface area contributed by atoms with Crippen molar-refractivity contribution in [2.45, 2.75) is 24.9 Å². The van der Waals surface area contributed by atoms with Gasteiger partial charge < -0.3 is 9.84 Å². The van der Waals surface area contributed by atoms with Gasteiger partial charge in [-0.2, -0.15) is 0 Å². The molecule has 1 aromatic carbocycles. The van der Waals surface area contributed by atoms with Gasteiger partial charge in [0.2, 0.25) is 0 Å². The number of aliphatic carboxylic acids is 1. The Hall–Kier alpha value is -2.57. The smallest absolute Gasteiger partial charge is 0.332 e. The minimum atomic E-state index is -1.08. The number of carboxylic acid groups (broad SMARTS) is 1. The molecule has 3 rings (SSSR count). The topological polar surface area (TPSA) is 87.2 Å². The summed E-state index contributed by atoms with van der Waals surface area (Å²) in [6.07, 6.45) is 0.671. The maximum Gasteiger partial charge on any atom is 0.332 e. The van der Waals surface area contributed by atoms with Crippen molar-refractivity contribution in [2.75, 3.05) is 12.0 Å². The van der Waals surface area contributed by atoms with E-state index in [0.717, 1.165) is 9.80 Å². The second-order valence-corrected chi connectivity index (χ2v) is 4.98. The quantitative estimate of drug-likeness (QED) is 0.842. The molecule has 0 saturated carbocycles. The third kappa shape index (κ3) is 1.84. The standard InChI is InChI=1S/C14H14N2O5/c1-21-11-5-3-2-4-8(11)16-12(17)9-6-7-10(13(18)19)15(9)14(16)20/h2-5,9-10H,6-7H2,1H3,(H,18,19)/t9-,10-/m0/s1. The van der Waals surface area contributed by atoms with Gasteiger partial charge in [-0.05, 0) is 25.0 Å². The van der Waals surface area contributed by atoms with E-state index in [9.17, 15) is 19.5 Å². The molecule has 110 valence electrons. The zero-order valence-corrected chi connectivity index (χ0v) is 11.4. The predicted octanol–water partition coefficient (Wildman–Crippen LogP) is 1.08. The van der Waals surface area contributed by atoms with E-state index >= 15 is 0 Å². The summed E-state index contributed by atoms with van der Waals surface area (Å²) in [4.78, 5) is 38.3. The molecule has 2 heterocycles. The van der Waals surface area contributed by atoms with Crippen LogP contribution in [0.4, 0.5) is 10.5 Å². The highest BCUT2D eigenvalue weighted by Crippen LogP contribution is 2.38.